The number of amides is 1. The molecule has 1 aromatic rings. The van der Waals surface area contributed by atoms with E-state index in [1.165, 1.54) is 0 Å². The molecule has 1 aromatic carbocycles. The zero-order valence-corrected chi connectivity index (χ0v) is 13.5. The maximum absolute atomic E-state index is 12.2. The molecule has 0 aliphatic heterocycles. The summed E-state index contributed by atoms with van der Waals surface area (Å²) in [7, 11) is 0. The van der Waals surface area contributed by atoms with Crippen molar-refractivity contribution in [2.24, 2.45) is 0 Å². The third kappa shape index (κ3) is 4.83. The van der Waals surface area contributed by atoms with Crippen molar-refractivity contribution < 1.29 is 9.90 Å². The van der Waals surface area contributed by atoms with Gasteiger partial charge in [0.05, 0.1) is 18.2 Å². The van der Waals surface area contributed by atoms with Crippen molar-refractivity contribution in [3.63, 3.8) is 0 Å². The first-order chi connectivity index (χ1) is 9.96. The molecule has 0 bridgehead atoms. The third-order valence-corrected chi connectivity index (χ3v) is 3.99. The van der Waals surface area contributed by atoms with Crippen LogP contribution >= 0.6 is 0 Å². The molecule has 0 aliphatic carbocycles. The zero-order chi connectivity index (χ0) is 15.9. The van der Waals surface area contributed by atoms with E-state index in [9.17, 15) is 9.90 Å². The van der Waals surface area contributed by atoms with Crippen molar-refractivity contribution in [3.05, 3.63) is 35.9 Å². The Labute approximate surface area is 128 Å². The minimum atomic E-state index is -0.633. The molecular weight excluding hydrogens is 264 g/mol. The van der Waals surface area contributed by atoms with E-state index in [-0.39, 0.29) is 24.6 Å². The Morgan fingerprint density at radius 2 is 1.81 bits per heavy atom. The van der Waals surface area contributed by atoms with Gasteiger partial charge in [0.15, 0.2) is 0 Å². The second-order valence-electron chi connectivity index (χ2n) is 5.74. The normalized spacial score (nSPS) is 15.5. The molecule has 21 heavy (non-hydrogen) atoms. The van der Waals surface area contributed by atoms with E-state index in [1.54, 1.807) is 0 Å². The van der Waals surface area contributed by atoms with Crippen LogP contribution in [0.1, 0.15) is 46.1 Å². The fourth-order valence-electron chi connectivity index (χ4n) is 2.39. The number of aliphatic hydroxyl groups excluding tert-OH is 1. The predicted octanol–water partition coefficient (Wildman–Crippen LogP) is 2.18. The highest BCUT2D eigenvalue weighted by Gasteiger charge is 2.29. The Balaban J connectivity index is 2.74. The number of hydrogen-bond donors (Lipinski definition) is 3. The van der Waals surface area contributed by atoms with E-state index in [0.29, 0.717) is 0 Å². The summed E-state index contributed by atoms with van der Waals surface area (Å²) >= 11 is 0. The Kier molecular flexibility index (Phi) is 6.85. The van der Waals surface area contributed by atoms with Crippen LogP contribution in [-0.2, 0) is 10.3 Å². The van der Waals surface area contributed by atoms with Gasteiger partial charge in [-0.2, -0.15) is 0 Å². The van der Waals surface area contributed by atoms with E-state index in [0.717, 1.165) is 18.4 Å². The molecule has 2 atom stereocenters. The summed E-state index contributed by atoms with van der Waals surface area (Å²) in [4.78, 5) is 12.2. The lowest BCUT2D eigenvalue weighted by molar-refractivity contribution is -0.124. The first-order valence-electron chi connectivity index (χ1n) is 7.71. The van der Waals surface area contributed by atoms with Crippen LogP contribution in [-0.4, -0.2) is 29.7 Å². The highest BCUT2D eigenvalue weighted by molar-refractivity contribution is 5.81. The van der Waals surface area contributed by atoms with Crippen molar-refractivity contribution in [2.45, 2.75) is 58.2 Å². The van der Waals surface area contributed by atoms with E-state index in [2.05, 4.69) is 24.5 Å². The maximum Gasteiger partial charge on any atom is 0.237 e. The largest absolute Gasteiger partial charge is 0.394 e. The number of carbonyl (C=O) groups is 1. The summed E-state index contributed by atoms with van der Waals surface area (Å²) in [5, 5.41) is 16.0. The van der Waals surface area contributed by atoms with Crippen molar-refractivity contribution in [2.75, 3.05) is 6.61 Å². The monoisotopic (exact) mass is 292 g/mol. The summed E-state index contributed by atoms with van der Waals surface area (Å²) < 4.78 is 0. The van der Waals surface area contributed by atoms with Gasteiger partial charge >= 0.3 is 0 Å². The van der Waals surface area contributed by atoms with E-state index in [1.807, 2.05) is 44.2 Å². The van der Waals surface area contributed by atoms with Gasteiger partial charge in [-0.05, 0) is 32.3 Å². The molecule has 2 unspecified atom stereocenters. The van der Waals surface area contributed by atoms with Crippen LogP contribution in [0.5, 0.6) is 0 Å². The quantitative estimate of drug-likeness (QED) is 0.688. The number of nitrogens with one attached hydrogen (secondary N) is 2. The van der Waals surface area contributed by atoms with Gasteiger partial charge in [-0.3, -0.25) is 10.1 Å². The Bertz CT molecular complexity index is 432. The standard InChI is InChI=1S/C17H28N2O2/c1-5-15(6-2)18-16(21)13(3)19-17(4,12-20)14-10-8-7-9-11-14/h7-11,13,15,19-20H,5-6,12H2,1-4H3,(H,18,21). The molecule has 118 valence electrons. The van der Waals surface area contributed by atoms with Gasteiger partial charge in [-0.25, -0.2) is 0 Å². The molecule has 0 saturated heterocycles. The number of aliphatic hydroxyl groups is 1. The van der Waals surface area contributed by atoms with Gasteiger partial charge in [-0.1, -0.05) is 44.2 Å². The summed E-state index contributed by atoms with van der Waals surface area (Å²) in [5.41, 5.74) is 0.334. The minimum Gasteiger partial charge on any atom is -0.394 e. The van der Waals surface area contributed by atoms with Gasteiger partial charge in [-0.15, -0.1) is 0 Å². The molecule has 1 rings (SSSR count). The molecule has 0 heterocycles. The molecule has 0 aromatic heterocycles. The SMILES string of the molecule is CCC(CC)NC(=O)C(C)NC(C)(CO)c1ccccc1. The topological polar surface area (TPSA) is 61.4 Å². The molecule has 0 saturated carbocycles. The second kappa shape index (κ2) is 8.15. The average molecular weight is 292 g/mol. The molecule has 1 amide bonds. The van der Waals surface area contributed by atoms with Crippen LogP contribution in [0, 0.1) is 0 Å². The summed E-state index contributed by atoms with van der Waals surface area (Å²) in [6.45, 7) is 7.79. The molecule has 0 fully saturated rings. The first kappa shape index (κ1) is 17.7. The fraction of sp³-hybridized carbons (Fsp3) is 0.588. The van der Waals surface area contributed by atoms with Crippen LogP contribution in [0.15, 0.2) is 30.3 Å². The van der Waals surface area contributed by atoms with Gasteiger partial charge in [0.1, 0.15) is 0 Å². The van der Waals surface area contributed by atoms with E-state index >= 15 is 0 Å². The molecule has 0 aliphatic rings. The summed E-state index contributed by atoms with van der Waals surface area (Å²) in [6.07, 6.45) is 1.84. The van der Waals surface area contributed by atoms with Crippen molar-refractivity contribution in [3.8, 4) is 0 Å². The Hall–Kier alpha value is -1.39. The molecule has 0 spiro atoms. The van der Waals surface area contributed by atoms with Crippen LogP contribution in [0.25, 0.3) is 0 Å². The van der Waals surface area contributed by atoms with E-state index < -0.39 is 5.54 Å². The molecule has 4 nitrogen and oxygen atoms in total. The number of rotatable bonds is 8. The van der Waals surface area contributed by atoms with Crippen molar-refractivity contribution in [1.29, 1.82) is 0 Å². The summed E-state index contributed by atoms with van der Waals surface area (Å²) in [6, 6.07) is 9.54. The second-order valence-corrected chi connectivity index (χ2v) is 5.74. The van der Waals surface area contributed by atoms with Crippen molar-refractivity contribution >= 4 is 5.91 Å². The van der Waals surface area contributed by atoms with Gasteiger partial charge in [0.25, 0.3) is 0 Å². The summed E-state index contributed by atoms with van der Waals surface area (Å²) in [5.74, 6) is -0.0284. The number of carbonyl (C=O) groups excluding carboxylic acids is 1. The molecule has 3 N–H and O–H groups in total. The Morgan fingerprint density at radius 1 is 1.24 bits per heavy atom. The highest BCUT2D eigenvalue weighted by atomic mass is 16.3. The molecule has 4 heteroatoms. The number of benzene rings is 1. The highest BCUT2D eigenvalue weighted by Crippen LogP contribution is 2.20. The van der Waals surface area contributed by atoms with Crippen LogP contribution < -0.4 is 10.6 Å². The maximum atomic E-state index is 12.2. The Morgan fingerprint density at radius 3 is 2.29 bits per heavy atom. The zero-order valence-electron chi connectivity index (χ0n) is 13.5. The van der Waals surface area contributed by atoms with Crippen LogP contribution in [0.2, 0.25) is 0 Å². The van der Waals surface area contributed by atoms with Crippen molar-refractivity contribution in [1.82, 2.24) is 10.6 Å². The molecule has 0 radical (unpaired) electrons. The van der Waals surface area contributed by atoms with Crippen LogP contribution in [0.3, 0.4) is 0 Å². The lowest BCUT2D eigenvalue weighted by atomic mass is 9.92. The van der Waals surface area contributed by atoms with Gasteiger partial charge in [0.2, 0.25) is 5.91 Å². The third-order valence-electron chi connectivity index (χ3n) is 3.99. The lowest BCUT2D eigenvalue weighted by Crippen LogP contribution is -2.54. The van der Waals surface area contributed by atoms with E-state index in [4.69, 9.17) is 0 Å². The predicted molar refractivity (Wildman–Crippen MR) is 86.0 cm³/mol. The first-order valence-corrected chi connectivity index (χ1v) is 7.71. The smallest absolute Gasteiger partial charge is 0.237 e. The van der Waals surface area contributed by atoms with Gasteiger partial charge < -0.3 is 10.4 Å². The number of hydrogen-bond acceptors (Lipinski definition) is 3. The van der Waals surface area contributed by atoms with Crippen LogP contribution in [0.4, 0.5) is 0 Å². The lowest BCUT2D eigenvalue weighted by Gasteiger charge is -2.33. The average Bonchev–Trinajstić information content (AvgIpc) is 2.52. The minimum absolute atomic E-state index is 0.0284. The fourth-order valence-corrected chi connectivity index (χ4v) is 2.39. The van der Waals surface area contributed by atoms with Gasteiger partial charge in [0, 0.05) is 6.04 Å². The molecular formula is C17H28N2O2.